The molecule has 2 aliphatic rings. The second-order valence-corrected chi connectivity index (χ2v) is 10.7. The van der Waals surface area contributed by atoms with Crippen LogP contribution < -0.4 is 25.1 Å². The molecule has 0 bridgehead atoms. The lowest BCUT2D eigenvalue weighted by Gasteiger charge is -2.39. The summed E-state index contributed by atoms with van der Waals surface area (Å²) in [6.07, 6.45) is 4.24. The van der Waals surface area contributed by atoms with E-state index >= 15 is 0 Å². The number of hydrogen-bond donors (Lipinski definition) is 2. The van der Waals surface area contributed by atoms with E-state index in [1.165, 1.54) is 7.11 Å². The predicted molar refractivity (Wildman–Crippen MR) is 137 cm³/mol. The Labute approximate surface area is 214 Å². The molecule has 1 aromatic heterocycles. The van der Waals surface area contributed by atoms with E-state index in [1.54, 1.807) is 19.1 Å². The SMILES string of the molecule is COc1cc(C)[nH]c(=O)c1CNC(=O)c1cc(Br)c2c(c1C)OC(C)([C@H]1CC[C@H](N(C)C)CC1)O2. The number of aromatic nitrogens is 1. The van der Waals surface area contributed by atoms with Gasteiger partial charge in [0.25, 0.3) is 17.3 Å². The number of rotatable bonds is 6. The van der Waals surface area contributed by atoms with E-state index in [4.69, 9.17) is 14.2 Å². The van der Waals surface area contributed by atoms with E-state index in [-0.39, 0.29) is 23.9 Å². The Kier molecular flexibility index (Phi) is 7.20. The standard InChI is InChI=1S/C26H34BrN3O5/c1-14-11-21(33-6)19(25(32)29-14)13-28-24(31)18-12-20(27)23-22(15(18)2)34-26(3,35-23)16-7-9-17(10-8-16)30(4)5/h11-12,16-17H,7-10,13H2,1-6H3,(H,28,31)(H,29,32)/t16-,17-,26?. The van der Waals surface area contributed by atoms with Crippen LogP contribution in [-0.4, -0.2) is 48.8 Å². The molecule has 1 aliphatic carbocycles. The van der Waals surface area contributed by atoms with Crippen molar-refractivity contribution in [2.24, 2.45) is 5.92 Å². The number of pyridine rings is 1. The number of amides is 1. The molecule has 1 atom stereocenters. The van der Waals surface area contributed by atoms with E-state index in [0.29, 0.717) is 50.1 Å². The van der Waals surface area contributed by atoms with Gasteiger partial charge in [0.15, 0.2) is 11.5 Å². The van der Waals surface area contributed by atoms with E-state index < -0.39 is 5.79 Å². The maximum absolute atomic E-state index is 13.1. The van der Waals surface area contributed by atoms with Crippen LogP contribution in [0.2, 0.25) is 0 Å². The fraction of sp³-hybridized carbons (Fsp3) is 0.538. The fourth-order valence-electron chi connectivity index (χ4n) is 5.16. The van der Waals surface area contributed by atoms with Crippen molar-refractivity contribution in [3.05, 3.63) is 49.3 Å². The maximum Gasteiger partial charge on any atom is 0.256 e. The van der Waals surface area contributed by atoms with Gasteiger partial charge in [-0.2, -0.15) is 0 Å². The highest BCUT2D eigenvalue weighted by atomic mass is 79.9. The maximum atomic E-state index is 13.1. The zero-order valence-corrected chi connectivity index (χ0v) is 22.8. The Morgan fingerprint density at radius 3 is 2.49 bits per heavy atom. The van der Waals surface area contributed by atoms with Crippen LogP contribution in [0.4, 0.5) is 0 Å². The summed E-state index contributed by atoms with van der Waals surface area (Å²) in [7, 11) is 5.76. The second-order valence-electron chi connectivity index (χ2n) is 9.89. The van der Waals surface area contributed by atoms with E-state index in [0.717, 1.165) is 25.7 Å². The normalized spacial score (nSPS) is 23.4. The number of halogens is 1. The Morgan fingerprint density at radius 2 is 1.86 bits per heavy atom. The molecule has 4 rings (SSSR count). The largest absolute Gasteiger partial charge is 0.496 e. The van der Waals surface area contributed by atoms with Crippen molar-refractivity contribution < 1.29 is 19.0 Å². The van der Waals surface area contributed by atoms with Crippen LogP contribution in [0.25, 0.3) is 0 Å². The van der Waals surface area contributed by atoms with Gasteiger partial charge in [-0.1, -0.05) is 0 Å². The molecule has 35 heavy (non-hydrogen) atoms. The Hall–Kier alpha value is -2.52. The van der Waals surface area contributed by atoms with E-state index in [9.17, 15) is 9.59 Å². The highest BCUT2D eigenvalue weighted by Crippen LogP contribution is 2.51. The van der Waals surface area contributed by atoms with Crippen molar-refractivity contribution in [3.63, 3.8) is 0 Å². The van der Waals surface area contributed by atoms with E-state index in [2.05, 4.69) is 45.2 Å². The molecule has 1 amide bonds. The van der Waals surface area contributed by atoms with Crippen LogP contribution in [0.3, 0.4) is 0 Å². The average Bonchev–Trinajstić information content (AvgIpc) is 3.20. The minimum Gasteiger partial charge on any atom is -0.496 e. The number of aromatic amines is 1. The zero-order valence-electron chi connectivity index (χ0n) is 21.2. The van der Waals surface area contributed by atoms with Gasteiger partial charge in [-0.3, -0.25) is 9.59 Å². The summed E-state index contributed by atoms with van der Waals surface area (Å²) in [5, 5.41) is 2.85. The molecule has 8 nitrogen and oxygen atoms in total. The fourth-order valence-corrected chi connectivity index (χ4v) is 5.65. The van der Waals surface area contributed by atoms with Crippen LogP contribution in [-0.2, 0) is 6.54 Å². The number of nitrogens with zero attached hydrogens (tertiary/aromatic N) is 1. The zero-order chi connectivity index (χ0) is 25.5. The first-order chi connectivity index (χ1) is 16.5. The molecular weight excluding hydrogens is 514 g/mol. The molecule has 1 fully saturated rings. The first-order valence-corrected chi connectivity index (χ1v) is 12.8. The number of nitrogens with one attached hydrogen (secondary N) is 2. The summed E-state index contributed by atoms with van der Waals surface area (Å²) in [5.74, 6) is 0.840. The summed E-state index contributed by atoms with van der Waals surface area (Å²) in [5.41, 5.74) is 1.93. The number of carbonyl (C=O) groups excluding carboxylic acids is 1. The Balaban J connectivity index is 1.52. The molecule has 2 heterocycles. The lowest BCUT2D eigenvalue weighted by molar-refractivity contribution is -0.123. The van der Waals surface area contributed by atoms with Crippen LogP contribution in [0.15, 0.2) is 21.4 Å². The minimum absolute atomic E-state index is 0.0377. The molecule has 1 aromatic carbocycles. The third-order valence-electron chi connectivity index (χ3n) is 7.34. The van der Waals surface area contributed by atoms with Gasteiger partial charge < -0.3 is 29.4 Å². The van der Waals surface area contributed by atoms with Crippen molar-refractivity contribution in [1.29, 1.82) is 0 Å². The van der Waals surface area contributed by atoms with Gasteiger partial charge in [0.05, 0.1) is 23.7 Å². The molecule has 1 unspecified atom stereocenters. The summed E-state index contributed by atoms with van der Waals surface area (Å²) in [6, 6.07) is 4.07. The highest BCUT2D eigenvalue weighted by molar-refractivity contribution is 9.10. The third-order valence-corrected chi connectivity index (χ3v) is 7.93. The molecular formula is C26H34BrN3O5. The Morgan fingerprint density at radius 1 is 1.20 bits per heavy atom. The first-order valence-electron chi connectivity index (χ1n) is 12.0. The van der Waals surface area contributed by atoms with Crippen molar-refractivity contribution in [2.45, 2.75) is 64.8 Å². The average molecular weight is 548 g/mol. The van der Waals surface area contributed by atoms with Gasteiger partial charge in [-0.15, -0.1) is 0 Å². The van der Waals surface area contributed by atoms with Crippen LogP contribution in [0.1, 0.15) is 59.8 Å². The third kappa shape index (κ3) is 4.93. The molecule has 2 N–H and O–H groups in total. The quantitative estimate of drug-likeness (QED) is 0.560. The van der Waals surface area contributed by atoms with Gasteiger partial charge in [0.1, 0.15) is 5.75 Å². The monoisotopic (exact) mass is 547 g/mol. The van der Waals surface area contributed by atoms with Crippen molar-refractivity contribution in [3.8, 4) is 17.2 Å². The number of ether oxygens (including phenoxy) is 3. The molecule has 9 heteroatoms. The minimum atomic E-state index is -0.773. The van der Waals surface area contributed by atoms with Gasteiger partial charge in [-0.25, -0.2) is 0 Å². The van der Waals surface area contributed by atoms with Gasteiger partial charge >= 0.3 is 0 Å². The molecule has 1 saturated carbocycles. The molecule has 190 valence electrons. The summed E-state index contributed by atoms with van der Waals surface area (Å²) in [4.78, 5) is 30.6. The number of H-pyrrole nitrogens is 1. The van der Waals surface area contributed by atoms with Crippen molar-refractivity contribution in [2.75, 3.05) is 21.2 Å². The van der Waals surface area contributed by atoms with Crippen LogP contribution in [0.5, 0.6) is 17.2 Å². The van der Waals surface area contributed by atoms with Gasteiger partial charge in [0, 0.05) is 35.7 Å². The molecule has 1 aliphatic heterocycles. The number of carbonyl (C=O) groups is 1. The number of hydrogen-bond acceptors (Lipinski definition) is 6. The molecule has 2 aromatic rings. The summed E-state index contributed by atoms with van der Waals surface area (Å²) in [6.45, 7) is 5.67. The summed E-state index contributed by atoms with van der Waals surface area (Å²) < 4.78 is 18.8. The Bertz CT molecular complexity index is 1190. The van der Waals surface area contributed by atoms with E-state index in [1.807, 2.05) is 13.8 Å². The van der Waals surface area contributed by atoms with Crippen molar-refractivity contribution in [1.82, 2.24) is 15.2 Å². The van der Waals surface area contributed by atoms with Crippen LogP contribution in [0, 0.1) is 19.8 Å². The number of fused-ring (bicyclic) bond motifs is 1. The highest BCUT2D eigenvalue weighted by Gasteiger charge is 2.47. The number of methoxy groups -OCH3 is 1. The smallest absolute Gasteiger partial charge is 0.256 e. The second kappa shape index (κ2) is 9.85. The molecule has 0 radical (unpaired) electrons. The first kappa shape index (κ1) is 25.6. The van der Waals surface area contributed by atoms with Crippen LogP contribution >= 0.6 is 15.9 Å². The molecule has 0 saturated heterocycles. The lowest BCUT2D eigenvalue weighted by atomic mass is 9.81. The molecule has 0 spiro atoms. The lowest BCUT2D eigenvalue weighted by Crippen LogP contribution is -2.46. The number of benzene rings is 1. The summed E-state index contributed by atoms with van der Waals surface area (Å²) >= 11 is 3.58. The topological polar surface area (TPSA) is 92.9 Å². The van der Waals surface area contributed by atoms with Gasteiger partial charge in [-0.05, 0) is 81.7 Å². The number of aryl methyl sites for hydroxylation is 1. The van der Waals surface area contributed by atoms with Gasteiger partial charge in [0.2, 0.25) is 0 Å². The predicted octanol–water partition coefficient (Wildman–Crippen LogP) is 4.30. The van der Waals surface area contributed by atoms with Crippen molar-refractivity contribution >= 4 is 21.8 Å².